The minimum atomic E-state index is -0.0109. The first-order valence-electron chi connectivity index (χ1n) is 10.1. The number of ether oxygens (including phenoxy) is 5. The van der Waals surface area contributed by atoms with Crippen LogP contribution in [0.3, 0.4) is 0 Å². The zero-order valence-electron chi connectivity index (χ0n) is 18.6. The Morgan fingerprint density at radius 1 is 0.806 bits per heavy atom. The molecule has 1 heterocycles. The fourth-order valence-electron chi connectivity index (χ4n) is 3.55. The molecule has 0 bridgehead atoms. The Bertz CT molecular complexity index is 838. The number of carbonyl (C=O) groups is 1. The molecular weight excluding hydrogens is 400 g/mol. The van der Waals surface area contributed by atoms with Crippen LogP contribution < -0.4 is 23.7 Å². The van der Waals surface area contributed by atoms with E-state index in [2.05, 4.69) is 4.90 Å². The summed E-state index contributed by atoms with van der Waals surface area (Å²) < 4.78 is 27.0. The van der Waals surface area contributed by atoms with Gasteiger partial charge in [0, 0.05) is 32.7 Å². The van der Waals surface area contributed by atoms with Gasteiger partial charge in [0.2, 0.25) is 5.75 Å². The van der Waals surface area contributed by atoms with E-state index in [1.165, 1.54) is 0 Å². The predicted molar refractivity (Wildman–Crippen MR) is 116 cm³/mol. The van der Waals surface area contributed by atoms with E-state index in [1.54, 1.807) is 40.6 Å². The minimum Gasteiger partial charge on any atom is -0.497 e. The highest BCUT2D eigenvalue weighted by Crippen LogP contribution is 2.38. The van der Waals surface area contributed by atoms with Crippen molar-refractivity contribution in [1.82, 2.24) is 9.80 Å². The van der Waals surface area contributed by atoms with Crippen molar-refractivity contribution < 1.29 is 28.5 Å². The third-order valence-electron chi connectivity index (χ3n) is 5.28. The Balaban J connectivity index is 1.50. The van der Waals surface area contributed by atoms with E-state index < -0.39 is 0 Å². The van der Waals surface area contributed by atoms with Gasteiger partial charge in [-0.3, -0.25) is 9.69 Å². The third kappa shape index (κ3) is 5.73. The lowest BCUT2D eigenvalue weighted by molar-refractivity contribution is -0.135. The van der Waals surface area contributed by atoms with Gasteiger partial charge in [-0.2, -0.15) is 0 Å². The summed E-state index contributed by atoms with van der Waals surface area (Å²) in [6, 6.07) is 11.1. The summed E-state index contributed by atoms with van der Waals surface area (Å²) in [6.45, 7) is 3.65. The molecule has 168 valence electrons. The average molecular weight is 431 g/mol. The molecule has 1 fully saturated rings. The summed E-state index contributed by atoms with van der Waals surface area (Å²) in [6.07, 6.45) is 0. The van der Waals surface area contributed by atoms with Crippen molar-refractivity contribution in [1.29, 1.82) is 0 Å². The molecule has 3 rings (SSSR count). The molecule has 1 aliphatic heterocycles. The van der Waals surface area contributed by atoms with Crippen LogP contribution in [0.15, 0.2) is 36.4 Å². The number of carbonyl (C=O) groups excluding carboxylic acids is 1. The number of nitrogens with zero attached hydrogens (tertiary/aromatic N) is 2. The van der Waals surface area contributed by atoms with E-state index in [0.29, 0.717) is 36.1 Å². The summed E-state index contributed by atoms with van der Waals surface area (Å²) in [5.41, 5.74) is 1.07. The Labute approximate surface area is 183 Å². The lowest BCUT2D eigenvalue weighted by Gasteiger charge is -2.34. The van der Waals surface area contributed by atoms with Gasteiger partial charge in [0.05, 0.1) is 28.4 Å². The van der Waals surface area contributed by atoms with E-state index in [9.17, 15) is 4.79 Å². The van der Waals surface area contributed by atoms with Crippen molar-refractivity contribution in [2.45, 2.75) is 6.54 Å². The topological polar surface area (TPSA) is 69.7 Å². The molecule has 1 aliphatic rings. The normalized spacial score (nSPS) is 14.1. The molecule has 1 saturated heterocycles. The van der Waals surface area contributed by atoms with Gasteiger partial charge in [-0.25, -0.2) is 0 Å². The molecule has 2 aromatic carbocycles. The number of methoxy groups -OCH3 is 4. The van der Waals surface area contributed by atoms with E-state index in [1.807, 2.05) is 29.2 Å². The average Bonchev–Trinajstić information content (AvgIpc) is 2.82. The zero-order valence-corrected chi connectivity index (χ0v) is 18.6. The highest BCUT2D eigenvalue weighted by atomic mass is 16.5. The monoisotopic (exact) mass is 430 g/mol. The van der Waals surface area contributed by atoms with Crippen LogP contribution in [0, 0.1) is 0 Å². The number of rotatable bonds is 9. The quantitative estimate of drug-likeness (QED) is 0.605. The molecule has 0 saturated carbocycles. The van der Waals surface area contributed by atoms with Crippen LogP contribution in [0.1, 0.15) is 5.56 Å². The molecule has 8 nitrogen and oxygen atoms in total. The van der Waals surface area contributed by atoms with Gasteiger partial charge >= 0.3 is 0 Å². The number of amides is 1. The highest BCUT2D eigenvalue weighted by molar-refractivity contribution is 5.77. The molecular formula is C23H30N2O6. The fourth-order valence-corrected chi connectivity index (χ4v) is 3.55. The predicted octanol–water partition coefficient (Wildman–Crippen LogP) is 2.44. The van der Waals surface area contributed by atoms with Crippen molar-refractivity contribution in [2.75, 3.05) is 61.2 Å². The van der Waals surface area contributed by atoms with Gasteiger partial charge in [0.15, 0.2) is 18.1 Å². The van der Waals surface area contributed by atoms with Crippen LogP contribution in [-0.2, 0) is 11.3 Å². The molecule has 1 amide bonds. The summed E-state index contributed by atoms with van der Waals surface area (Å²) >= 11 is 0. The van der Waals surface area contributed by atoms with Crippen molar-refractivity contribution >= 4 is 5.91 Å². The second-order valence-electron chi connectivity index (χ2n) is 7.15. The third-order valence-corrected chi connectivity index (χ3v) is 5.28. The van der Waals surface area contributed by atoms with Crippen molar-refractivity contribution in [3.63, 3.8) is 0 Å². The molecule has 0 aromatic heterocycles. The van der Waals surface area contributed by atoms with Crippen molar-refractivity contribution in [3.8, 4) is 28.7 Å². The molecule has 0 N–H and O–H groups in total. The Hall–Kier alpha value is -3.13. The molecule has 0 unspecified atom stereocenters. The first-order chi connectivity index (χ1) is 15.1. The van der Waals surface area contributed by atoms with E-state index in [-0.39, 0.29) is 12.5 Å². The standard InChI is InChI=1S/C23H30N2O6/c1-27-18-5-7-19(8-6-18)31-16-22(26)25-11-9-24(10-12-25)15-17-13-20(28-2)23(30-4)21(14-17)29-3/h5-8,13-14H,9-12,15-16H2,1-4H3. The molecule has 8 heteroatoms. The molecule has 0 spiro atoms. The maximum Gasteiger partial charge on any atom is 0.260 e. The molecule has 31 heavy (non-hydrogen) atoms. The summed E-state index contributed by atoms with van der Waals surface area (Å²) in [5, 5.41) is 0. The number of piperazine rings is 1. The highest BCUT2D eigenvalue weighted by Gasteiger charge is 2.22. The summed E-state index contributed by atoms with van der Waals surface area (Å²) in [7, 11) is 6.42. The fraction of sp³-hybridized carbons (Fsp3) is 0.435. The Morgan fingerprint density at radius 3 is 1.90 bits per heavy atom. The lowest BCUT2D eigenvalue weighted by Crippen LogP contribution is -2.49. The number of hydrogen-bond donors (Lipinski definition) is 0. The first kappa shape index (κ1) is 22.6. The van der Waals surface area contributed by atoms with Gasteiger partial charge < -0.3 is 28.6 Å². The number of hydrogen-bond acceptors (Lipinski definition) is 7. The maximum atomic E-state index is 12.5. The van der Waals surface area contributed by atoms with Crippen LogP contribution >= 0.6 is 0 Å². The van der Waals surface area contributed by atoms with Gasteiger partial charge in [-0.1, -0.05) is 0 Å². The Morgan fingerprint density at radius 2 is 1.39 bits per heavy atom. The van der Waals surface area contributed by atoms with Crippen molar-refractivity contribution in [3.05, 3.63) is 42.0 Å². The van der Waals surface area contributed by atoms with Crippen molar-refractivity contribution in [2.24, 2.45) is 0 Å². The van der Waals surface area contributed by atoms with E-state index >= 15 is 0 Å². The van der Waals surface area contributed by atoms with Crippen LogP contribution in [0.25, 0.3) is 0 Å². The van der Waals surface area contributed by atoms with Crippen LogP contribution in [0.2, 0.25) is 0 Å². The maximum absolute atomic E-state index is 12.5. The van der Waals surface area contributed by atoms with E-state index in [0.717, 1.165) is 30.9 Å². The molecule has 0 radical (unpaired) electrons. The molecule has 2 aromatic rings. The molecule has 0 atom stereocenters. The van der Waals surface area contributed by atoms with Gasteiger partial charge in [-0.15, -0.1) is 0 Å². The summed E-state index contributed by atoms with van der Waals surface area (Å²) in [4.78, 5) is 16.7. The summed E-state index contributed by atoms with van der Waals surface area (Å²) in [5.74, 6) is 3.25. The minimum absolute atomic E-state index is 0.0109. The van der Waals surface area contributed by atoms with E-state index in [4.69, 9.17) is 23.7 Å². The second-order valence-corrected chi connectivity index (χ2v) is 7.15. The van der Waals surface area contributed by atoms with Crippen LogP contribution in [-0.4, -0.2) is 76.9 Å². The first-order valence-corrected chi connectivity index (χ1v) is 10.1. The smallest absolute Gasteiger partial charge is 0.260 e. The lowest BCUT2D eigenvalue weighted by atomic mass is 10.1. The second kappa shape index (κ2) is 10.8. The SMILES string of the molecule is COc1ccc(OCC(=O)N2CCN(Cc3cc(OC)c(OC)c(OC)c3)CC2)cc1. The van der Waals surface area contributed by atoms with Gasteiger partial charge in [0.1, 0.15) is 11.5 Å². The Kier molecular flexibility index (Phi) is 7.83. The largest absolute Gasteiger partial charge is 0.497 e. The van der Waals surface area contributed by atoms with Crippen LogP contribution in [0.4, 0.5) is 0 Å². The zero-order chi connectivity index (χ0) is 22.2. The van der Waals surface area contributed by atoms with Gasteiger partial charge in [0.25, 0.3) is 5.91 Å². The molecule has 0 aliphatic carbocycles. The van der Waals surface area contributed by atoms with Gasteiger partial charge in [-0.05, 0) is 42.0 Å². The number of benzene rings is 2. The van der Waals surface area contributed by atoms with Crippen LogP contribution in [0.5, 0.6) is 28.7 Å².